The average molecular weight is 514 g/mol. The van der Waals surface area contributed by atoms with E-state index in [-0.39, 0.29) is 0 Å². The molecule has 0 radical (unpaired) electrons. The number of rotatable bonds is 5. The highest BCUT2D eigenvalue weighted by atomic mass is 79.9. The summed E-state index contributed by atoms with van der Waals surface area (Å²) in [7, 11) is -3.48. The molecule has 4 rings (SSSR count). The third-order valence-electron chi connectivity index (χ3n) is 4.69. The van der Waals surface area contributed by atoms with E-state index in [2.05, 4.69) is 30.2 Å². The topological polar surface area (TPSA) is 66.4 Å². The Labute approximate surface area is 187 Å². The van der Waals surface area contributed by atoms with Crippen LogP contribution in [0.3, 0.4) is 0 Å². The predicted molar refractivity (Wildman–Crippen MR) is 119 cm³/mol. The molecule has 0 unspecified atom stereocenters. The summed E-state index contributed by atoms with van der Waals surface area (Å²) in [6.07, 6.45) is 0.644. The van der Waals surface area contributed by atoms with Crippen LogP contribution in [-0.2, 0) is 16.4 Å². The smallest absolute Gasteiger partial charge is 0.243 e. The lowest BCUT2D eigenvalue weighted by atomic mass is 10.1. The molecule has 1 aromatic heterocycles. The lowest BCUT2D eigenvalue weighted by Gasteiger charge is -2.33. The van der Waals surface area contributed by atoms with Crippen molar-refractivity contribution < 1.29 is 8.42 Å². The van der Waals surface area contributed by atoms with Crippen LogP contribution >= 0.6 is 39.1 Å². The van der Waals surface area contributed by atoms with E-state index in [9.17, 15) is 8.42 Å². The van der Waals surface area contributed by atoms with Gasteiger partial charge in [0.2, 0.25) is 15.2 Å². The van der Waals surface area contributed by atoms with Crippen molar-refractivity contribution in [3.8, 4) is 0 Å². The van der Waals surface area contributed by atoms with Crippen molar-refractivity contribution in [2.24, 2.45) is 0 Å². The molecule has 0 atom stereocenters. The van der Waals surface area contributed by atoms with Gasteiger partial charge in [0, 0.05) is 53.6 Å². The van der Waals surface area contributed by atoms with Crippen molar-refractivity contribution in [2.45, 2.75) is 11.3 Å². The van der Waals surface area contributed by atoms with Gasteiger partial charge in [-0.1, -0.05) is 39.7 Å². The Hall–Kier alpha value is -1.52. The number of nitrogens with zero attached hydrogens (tertiary/aromatic N) is 4. The van der Waals surface area contributed by atoms with Gasteiger partial charge in [-0.3, -0.25) is 0 Å². The van der Waals surface area contributed by atoms with Gasteiger partial charge >= 0.3 is 0 Å². The van der Waals surface area contributed by atoms with Gasteiger partial charge in [0.1, 0.15) is 5.82 Å². The Balaban J connectivity index is 1.39. The zero-order valence-electron chi connectivity index (χ0n) is 15.3. The number of halogens is 2. The molecule has 3 aromatic rings. The minimum Gasteiger partial charge on any atom is -0.344 e. The van der Waals surface area contributed by atoms with Crippen LogP contribution in [-0.4, -0.2) is 48.3 Å². The number of aromatic nitrogens is 2. The van der Waals surface area contributed by atoms with Crippen molar-refractivity contribution >= 4 is 54.2 Å². The molecule has 2 heterocycles. The zero-order valence-corrected chi connectivity index (χ0v) is 19.3. The molecule has 0 N–H and O–H groups in total. The first kappa shape index (κ1) is 20.7. The van der Waals surface area contributed by atoms with Crippen LogP contribution < -0.4 is 4.90 Å². The van der Waals surface area contributed by atoms with Crippen molar-refractivity contribution in [3.63, 3.8) is 0 Å². The largest absolute Gasteiger partial charge is 0.344 e. The van der Waals surface area contributed by atoms with Gasteiger partial charge < -0.3 is 4.90 Å². The molecule has 1 aliphatic heterocycles. The molecule has 0 amide bonds. The highest BCUT2D eigenvalue weighted by Gasteiger charge is 2.29. The number of hydrogen-bond acceptors (Lipinski definition) is 6. The Kier molecular flexibility index (Phi) is 6.21. The molecular weight excluding hydrogens is 496 g/mol. The normalized spacial score (nSPS) is 15.6. The van der Waals surface area contributed by atoms with Crippen LogP contribution in [0.1, 0.15) is 11.4 Å². The van der Waals surface area contributed by atoms with E-state index >= 15 is 0 Å². The summed E-state index contributed by atoms with van der Waals surface area (Å²) in [6.45, 7) is 2.02. The molecule has 0 saturated carbocycles. The second kappa shape index (κ2) is 8.69. The van der Waals surface area contributed by atoms with E-state index in [0.717, 1.165) is 21.0 Å². The fourth-order valence-electron chi connectivity index (χ4n) is 3.11. The van der Waals surface area contributed by atoms with Crippen molar-refractivity contribution in [3.05, 3.63) is 69.4 Å². The van der Waals surface area contributed by atoms with E-state index in [1.165, 1.54) is 15.8 Å². The standard InChI is InChI=1S/C19H18BrClN4O2S2/c20-15-3-7-17(8-4-15)29(26,27)25-11-9-24(10-12-25)19-22-18(23-28-19)13-14-1-5-16(21)6-2-14/h1-8H,9-13H2. The zero-order chi connectivity index (χ0) is 20.4. The minimum atomic E-state index is -3.48. The molecule has 1 saturated heterocycles. The van der Waals surface area contributed by atoms with E-state index in [1.54, 1.807) is 24.3 Å². The monoisotopic (exact) mass is 512 g/mol. The summed E-state index contributed by atoms with van der Waals surface area (Å²) >= 11 is 10.6. The number of piperazine rings is 1. The average Bonchev–Trinajstić information content (AvgIpc) is 3.19. The molecule has 10 heteroatoms. The second-order valence-electron chi connectivity index (χ2n) is 6.64. The van der Waals surface area contributed by atoms with Gasteiger partial charge in [-0.15, -0.1) is 0 Å². The third-order valence-corrected chi connectivity index (χ3v) is 8.20. The Morgan fingerprint density at radius 1 is 1.00 bits per heavy atom. The van der Waals surface area contributed by atoms with Gasteiger partial charge in [-0.2, -0.15) is 8.68 Å². The summed E-state index contributed by atoms with van der Waals surface area (Å²) in [4.78, 5) is 7.04. The van der Waals surface area contributed by atoms with Crippen molar-refractivity contribution in [1.29, 1.82) is 0 Å². The number of benzene rings is 2. The van der Waals surface area contributed by atoms with Crippen molar-refractivity contribution in [1.82, 2.24) is 13.7 Å². The van der Waals surface area contributed by atoms with E-state index in [1.807, 2.05) is 24.3 Å². The lowest BCUT2D eigenvalue weighted by molar-refractivity contribution is 0.384. The summed E-state index contributed by atoms with van der Waals surface area (Å²) in [5.74, 6) is 0.761. The van der Waals surface area contributed by atoms with Gasteiger partial charge in [0.05, 0.1) is 4.90 Å². The first-order valence-electron chi connectivity index (χ1n) is 8.99. The Bertz CT molecular complexity index is 1080. The van der Waals surface area contributed by atoms with E-state index in [0.29, 0.717) is 42.5 Å². The Morgan fingerprint density at radius 3 is 2.31 bits per heavy atom. The highest BCUT2D eigenvalue weighted by molar-refractivity contribution is 9.10. The van der Waals surface area contributed by atoms with Crippen LogP contribution in [0.2, 0.25) is 5.02 Å². The highest BCUT2D eigenvalue weighted by Crippen LogP contribution is 2.24. The van der Waals surface area contributed by atoms with Crippen LogP contribution in [0.25, 0.3) is 0 Å². The molecule has 0 bridgehead atoms. The van der Waals surface area contributed by atoms with E-state index in [4.69, 9.17) is 11.6 Å². The molecule has 152 valence electrons. The lowest BCUT2D eigenvalue weighted by Crippen LogP contribution is -2.48. The van der Waals surface area contributed by atoms with Crippen LogP contribution in [0.5, 0.6) is 0 Å². The number of sulfonamides is 1. The maximum Gasteiger partial charge on any atom is 0.243 e. The molecule has 29 heavy (non-hydrogen) atoms. The molecule has 1 aliphatic rings. The predicted octanol–water partition coefficient (Wildman–Crippen LogP) is 4.06. The van der Waals surface area contributed by atoms with Gasteiger partial charge in [0.15, 0.2) is 0 Å². The first-order valence-corrected chi connectivity index (χ1v) is 12.4. The molecular formula is C19H18BrClN4O2S2. The Morgan fingerprint density at radius 2 is 1.66 bits per heavy atom. The second-order valence-corrected chi connectivity index (χ2v) is 10.7. The minimum absolute atomic E-state index is 0.315. The fraction of sp³-hybridized carbons (Fsp3) is 0.263. The SMILES string of the molecule is O=S(=O)(c1ccc(Br)cc1)N1CCN(c2nc(Cc3ccc(Cl)cc3)ns2)CC1. The van der Waals surface area contributed by atoms with E-state index < -0.39 is 10.0 Å². The molecule has 6 nitrogen and oxygen atoms in total. The van der Waals surface area contributed by atoms with Crippen LogP contribution in [0.15, 0.2) is 57.9 Å². The first-order chi connectivity index (χ1) is 13.9. The molecule has 2 aromatic carbocycles. The van der Waals surface area contributed by atoms with Crippen molar-refractivity contribution in [2.75, 3.05) is 31.1 Å². The molecule has 0 spiro atoms. The summed E-state index contributed by atoms with van der Waals surface area (Å²) in [5.41, 5.74) is 1.10. The maximum atomic E-state index is 12.8. The summed E-state index contributed by atoms with van der Waals surface area (Å²) in [5, 5.41) is 1.53. The van der Waals surface area contributed by atoms with Gasteiger partial charge in [-0.05, 0) is 42.0 Å². The quantitative estimate of drug-likeness (QED) is 0.515. The summed E-state index contributed by atoms with van der Waals surface area (Å²) in [6, 6.07) is 14.4. The van der Waals surface area contributed by atoms with Gasteiger partial charge in [0.25, 0.3) is 0 Å². The van der Waals surface area contributed by atoms with Gasteiger partial charge in [-0.25, -0.2) is 13.4 Å². The van der Waals surface area contributed by atoms with Crippen LogP contribution in [0.4, 0.5) is 5.13 Å². The molecule has 0 aliphatic carbocycles. The fourth-order valence-corrected chi connectivity index (χ4v) is 5.65. The maximum absolute atomic E-state index is 12.8. The number of anilines is 1. The third kappa shape index (κ3) is 4.80. The number of hydrogen-bond donors (Lipinski definition) is 0. The summed E-state index contributed by atoms with van der Waals surface area (Å²) < 4.78 is 32.5. The van der Waals surface area contributed by atoms with Crippen LogP contribution in [0, 0.1) is 0 Å². The molecule has 1 fully saturated rings.